The lowest BCUT2D eigenvalue weighted by Crippen LogP contribution is -2.03. The Balaban J connectivity index is 2.09. The molecule has 3 N–H and O–H groups in total. The van der Waals surface area contributed by atoms with Gasteiger partial charge >= 0.3 is 0 Å². The van der Waals surface area contributed by atoms with Gasteiger partial charge in [-0.05, 0) is 19.1 Å². The first-order valence-electron chi connectivity index (χ1n) is 5.28. The Morgan fingerprint density at radius 3 is 2.94 bits per heavy atom. The van der Waals surface area contributed by atoms with Crippen LogP contribution < -0.4 is 15.8 Å². The molecule has 0 aliphatic heterocycles. The Bertz CT molecular complexity index is 508. The van der Waals surface area contributed by atoms with E-state index >= 15 is 0 Å². The van der Waals surface area contributed by atoms with Crippen LogP contribution in [0.5, 0.6) is 5.75 Å². The summed E-state index contributed by atoms with van der Waals surface area (Å²) in [6.45, 7) is 2.35. The smallest absolute Gasteiger partial charge is 0.213 e. The van der Waals surface area contributed by atoms with Gasteiger partial charge in [0.05, 0.1) is 31.2 Å². The zero-order chi connectivity index (χ0) is 12.3. The second kappa shape index (κ2) is 4.78. The van der Waals surface area contributed by atoms with Crippen molar-refractivity contribution in [3.05, 3.63) is 36.0 Å². The predicted octanol–water partition coefficient (Wildman–Crippen LogP) is 2.19. The summed E-state index contributed by atoms with van der Waals surface area (Å²) < 4.78 is 10.5. The van der Waals surface area contributed by atoms with Gasteiger partial charge in [0.1, 0.15) is 11.5 Å². The molecule has 0 saturated carbocycles. The van der Waals surface area contributed by atoms with E-state index in [1.807, 2.05) is 25.1 Å². The van der Waals surface area contributed by atoms with Crippen LogP contribution in [0.4, 0.5) is 11.4 Å². The number of hydrogen-bond acceptors (Lipinski definition) is 5. The first kappa shape index (κ1) is 11.3. The summed E-state index contributed by atoms with van der Waals surface area (Å²) in [6.07, 6.45) is 1.69. The normalized spacial score (nSPS) is 10.2. The maximum atomic E-state index is 5.92. The highest BCUT2D eigenvalue weighted by molar-refractivity contribution is 5.72. The van der Waals surface area contributed by atoms with Crippen molar-refractivity contribution in [3.63, 3.8) is 0 Å². The topological polar surface area (TPSA) is 73.3 Å². The van der Waals surface area contributed by atoms with Crippen molar-refractivity contribution >= 4 is 11.4 Å². The Kier molecular flexibility index (Phi) is 3.18. The number of anilines is 2. The SMILES string of the molecule is COc1cccc(NCc2ncc(C)o2)c1N. The fourth-order valence-electron chi connectivity index (χ4n) is 1.53. The first-order chi connectivity index (χ1) is 8.20. The number of nitrogens with zero attached hydrogens (tertiary/aromatic N) is 1. The van der Waals surface area contributed by atoms with Crippen LogP contribution in [0.25, 0.3) is 0 Å². The van der Waals surface area contributed by atoms with Gasteiger partial charge in [-0.25, -0.2) is 4.98 Å². The van der Waals surface area contributed by atoms with Crippen LogP contribution in [0.3, 0.4) is 0 Å². The molecule has 0 aliphatic rings. The van der Waals surface area contributed by atoms with Crippen molar-refractivity contribution in [2.45, 2.75) is 13.5 Å². The van der Waals surface area contributed by atoms with E-state index in [1.165, 1.54) is 0 Å². The van der Waals surface area contributed by atoms with Gasteiger partial charge in [0.15, 0.2) is 0 Å². The molecule has 90 valence electrons. The van der Waals surface area contributed by atoms with Gasteiger partial charge < -0.3 is 20.2 Å². The van der Waals surface area contributed by atoms with Crippen LogP contribution in [-0.4, -0.2) is 12.1 Å². The number of para-hydroxylation sites is 1. The standard InChI is InChI=1S/C12H15N3O2/c1-8-6-15-11(17-8)7-14-9-4-3-5-10(16-2)12(9)13/h3-6,14H,7,13H2,1-2H3. The summed E-state index contributed by atoms with van der Waals surface area (Å²) in [7, 11) is 1.59. The molecular weight excluding hydrogens is 218 g/mol. The second-order valence-corrected chi connectivity index (χ2v) is 3.64. The number of oxazole rings is 1. The summed E-state index contributed by atoms with van der Waals surface area (Å²) in [5.74, 6) is 2.07. The fourth-order valence-corrected chi connectivity index (χ4v) is 1.53. The molecule has 2 aromatic rings. The molecular formula is C12H15N3O2. The van der Waals surface area contributed by atoms with Crippen LogP contribution in [0.1, 0.15) is 11.7 Å². The van der Waals surface area contributed by atoms with E-state index in [4.69, 9.17) is 14.9 Å². The number of methoxy groups -OCH3 is 1. The minimum Gasteiger partial charge on any atom is -0.495 e. The molecule has 0 bridgehead atoms. The second-order valence-electron chi connectivity index (χ2n) is 3.64. The van der Waals surface area contributed by atoms with E-state index in [9.17, 15) is 0 Å². The Morgan fingerprint density at radius 2 is 2.29 bits per heavy atom. The number of rotatable bonds is 4. The van der Waals surface area contributed by atoms with E-state index in [1.54, 1.807) is 13.3 Å². The predicted molar refractivity (Wildman–Crippen MR) is 66.0 cm³/mol. The van der Waals surface area contributed by atoms with E-state index in [0.717, 1.165) is 11.4 Å². The number of ether oxygens (including phenoxy) is 1. The third kappa shape index (κ3) is 2.50. The molecule has 2 rings (SSSR count). The highest BCUT2D eigenvalue weighted by atomic mass is 16.5. The highest BCUT2D eigenvalue weighted by Gasteiger charge is 2.06. The van der Waals surface area contributed by atoms with Gasteiger partial charge in [0.25, 0.3) is 0 Å². The van der Waals surface area contributed by atoms with Gasteiger partial charge in [0.2, 0.25) is 5.89 Å². The molecule has 1 aromatic carbocycles. The third-order valence-electron chi connectivity index (χ3n) is 2.39. The average molecular weight is 233 g/mol. The lowest BCUT2D eigenvalue weighted by molar-refractivity contribution is 0.417. The molecule has 0 saturated heterocycles. The van der Waals surface area contributed by atoms with Crippen molar-refractivity contribution in [3.8, 4) is 5.75 Å². The number of nitrogens with two attached hydrogens (primary N) is 1. The lowest BCUT2D eigenvalue weighted by Gasteiger charge is -2.10. The average Bonchev–Trinajstić information content (AvgIpc) is 2.74. The quantitative estimate of drug-likeness (QED) is 0.792. The molecule has 0 amide bonds. The lowest BCUT2D eigenvalue weighted by atomic mass is 10.2. The zero-order valence-electron chi connectivity index (χ0n) is 9.86. The van der Waals surface area contributed by atoms with Crippen molar-refractivity contribution in [1.82, 2.24) is 4.98 Å². The number of nitrogens with one attached hydrogen (secondary N) is 1. The third-order valence-corrected chi connectivity index (χ3v) is 2.39. The highest BCUT2D eigenvalue weighted by Crippen LogP contribution is 2.29. The number of aromatic nitrogens is 1. The summed E-state index contributed by atoms with van der Waals surface area (Å²) in [5.41, 5.74) is 7.31. The van der Waals surface area contributed by atoms with Gasteiger partial charge in [-0.15, -0.1) is 0 Å². The maximum Gasteiger partial charge on any atom is 0.213 e. The van der Waals surface area contributed by atoms with E-state index in [0.29, 0.717) is 23.9 Å². The number of benzene rings is 1. The zero-order valence-corrected chi connectivity index (χ0v) is 9.86. The van der Waals surface area contributed by atoms with Crippen LogP contribution in [0, 0.1) is 6.92 Å². The molecule has 1 aromatic heterocycles. The minimum atomic E-state index is 0.491. The number of hydrogen-bond donors (Lipinski definition) is 2. The van der Waals surface area contributed by atoms with Gasteiger partial charge in [-0.1, -0.05) is 6.07 Å². The van der Waals surface area contributed by atoms with Gasteiger partial charge in [-0.2, -0.15) is 0 Å². The van der Waals surface area contributed by atoms with E-state index < -0.39 is 0 Å². The summed E-state index contributed by atoms with van der Waals surface area (Å²) in [6, 6.07) is 5.57. The van der Waals surface area contributed by atoms with Crippen molar-refractivity contribution < 1.29 is 9.15 Å². The molecule has 1 heterocycles. The molecule has 17 heavy (non-hydrogen) atoms. The van der Waals surface area contributed by atoms with Crippen LogP contribution in [-0.2, 0) is 6.54 Å². The molecule has 0 spiro atoms. The van der Waals surface area contributed by atoms with Crippen LogP contribution >= 0.6 is 0 Å². The van der Waals surface area contributed by atoms with Crippen molar-refractivity contribution in [2.24, 2.45) is 0 Å². The van der Waals surface area contributed by atoms with Crippen molar-refractivity contribution in [2.75, 3.05) is 18.2 Å². The molecule has 0 fully saturated rings. The largest absolute Gasteiger partial charge is 0.495 e. The molecule has 5 nitrogen and oxygen atoms in total. The molecule has 0 radical (unpaired) electrons. The van der Waals surface area contributed by atoms with Gasteiger partial charge in [0, 0.05) is 0 Å². The Morgan fingerprint density at radius 1 is 1.47 bits per heavy atom. The molecule has 0 unspecified atom stereocenters. The summed E-state index contributed by atoms with van der Waals surface area (Å²) >= 11 is 0. The van der Waals surface area contributed by atoms with Crippen LogP contribution in [0.2, 0.25) is 0 Å². The maximum absolute atomic E-state index is 5.92. The Labute approximate surface area is 99.6 Å². The van der Waals surface area contributed by atoms with Crippen molar-refractivity contribution in [1.29, 1.82) is 0 Å². The number of aryl methyl sites for hydroxylation is 1. The molecule has 0 aliphatic carbocycles. The fraction of sp³-hybridized carbons (Fsp3) is 0.250. The van der Waals surface area contributed by atoms with E-state index in [2.05, 4.69) is 10.3 Å². The first-order valence-corrected chi connectivity index (χ1v) is 5.28. The monoisotopic (exact) mass is 233 g/mol. The van der Waals surface area contributed by atoms with Crippen LogP contribution in [0.15, 0.2) is 28.8 Å². The van der Waals surface area contributed by atoms with E-state index in [-0.39, 0.29) is 0 Å². The molecule has 0 atom stereocenters. The Hall–Kier alpha value is -2.17. The minimum absolute atomic E-state index is 0.491. The number of nitrogen functional groups attached to an aromatic ring is 1. The van der Waals surface area contributed by atoms with Gasteiger partial charge in [-0.3, -0.25) is 0 Å². The molecule has 5 heteroatoms. The summed E-state index contributed by atoms with van der Waals surface area (Å²) in [4.78, 5) is 4.10. The summed E-state index contributed by atoms with van der Waals surface area (Å²) in [5, 5.41) is 3.16.